The van der Waals surface area contributed by atoms with Crippen molar-refractivity contribution in [2.24, 2.45) is 21.7 Å². The highest BCUT2D eigenvalue weighted by atomic mass is 14.9. The van der Waals surface area contributed by atoms with Crippen LogP contribution in [0.15, 0.2) is 78.9 Å². The zero-order valence-electron chi connectivity index (χ0n) is 35.5. The molecule has 5 aromatic carbocycles. The second-order valence-corrected chi connectivity index (χ2v) is 21.9. The molecule has 300 valence electrons. The number of aromatic nitrogens is 1. The van der Waals surface area contributed by atoms with Crippen molar-refractivity contribution in [3.05, 3.63) is 118 Å². The van der Waals surface area contributed by atoms with Gasteiger partial charge in [0.15, 0.2) is 5.69 Å². The fourth-order valence-electron chi connectivity index (χ4n) is 19.3. The van der Waals surface area contributed by atoms with Gasteiger partial charge in [-0.2, -0.15) is 5.26 Å². The molecule has 2 heterocycles. The second kappa shape index (κ2) is 11.1. The maximum absolute atomic E-state index is 11.6. The summed E-state index contributed by atoms with van der Waals surface area (Å²) in [7, 11) is 0. The average Bonchev–Trinajstić information content (AvgIpc) is 4.16. The van der Waals surface area contributed by atoms with Crippen molar-refractivity contribution in [2.45, 2.75) is 139 Å². The first-order chi connectivity index (χ1) is 30.0. The van der Waals surface area contributed by atoms with Crippen LogP contribution in [0.4, 0.5) is 5.69 Å². The molecular weight excluding hydrogens is 739 g/mol. The first kappa shape index (κ1) is 34.5. The summed E-state index contributed by atoms with van der Waals surface area (Å²) in [6.07, 6.45) is 25.9. The predicted octanol–water partition coefficient (Wildman–Crippen LogP) is 15.6. The third-order valence-electron chi connectivity index (χ3n) is 20.7. The van der Waals surface area contributed by atoms with Crippen LogP contribution >= 0.6 is 0 Å². The Morgan fingerprint density at radius 3 is 1.39 bits per heavy atom. The van der Waals surface area contributed by atoms with Gasteiger partial charge in [0.05, 0.1) is 29.2 Å². The van der Waals surface area contributed by atoms with E-state index in [2.05, 4.69) is 94.2 Å². The Balaban J connectivity index is 1.12. The quantitative estimate of drug-likeness (QED) is 0.141. The number of hydrogen-bond donors (Lipinski definition) is 0. The number of nitriles is 1. The third kappa shape index (κ3) is 3.39. The average molecular weight is 792 g/mol. The van der Waals surface area contributed by atoms with E-state index in [1.165, 1.54) is 194 Å². The van der Waals surface area contributed by atoms with Gasteiger partial charge in [-0.3, -0.25) is 0 Å². The standard InChI is InChI=1S/C58H53N3/c1-60-43-34-45-47(49-38-16-3-5-20-42(38)58(51(43)49)55(25-10-11-26-55)31-32-56(58)27-12-13-28-56)40-18-14-17-39-46-44(61(45)52(39)40)33-36(35-59)50-48(46)37-15-2-4-19-41(37)57(50)53(21-6-7-22-53)29-30-54(57)23-8-9-24-54/h2-5,14-20,33-34H,6-13,21-32H2. The van der Waals surface area contributed by atoms with E-state index in [1.54, 1.807) is 5.56 Å². The topological polar surface area (TPSA) is 32.6 Å². The Kier molecular flexibility index (Phi) is 6.26. The van der Waals surface area contributed by atoms with E-state index in [0.717, 1.165) is 22.3 Å². The molecule has 0 bridgehead atoms. The van der Waals surface area contributed by atoms with Crippen molar-refractivity contribution in [3.63, 3.8) is 0 Å². The SMILES string of the molecule is [C-]#[N+]c1cc2c(c3c1C1(c4ccccc4-3)C3(CCCC3)CCC13CCCC3)c1cccc3c4c5c(c(C#N)cc4n2c31)C1(c2ccccc2-5)C2(CCCC2)CCC12CCCC2. The lowest BCUT2D eigenvalue weighted by molar-refractivity contribution is 0.0975. The molecule has 6 saturated carbocycles. The van der Waals surface area contributed by atoms with Crippen molar-refractivity contribution < 1.29 is 0 Å². The van der Waals surface area contributed by atoms with Gasteiger partial charge in [0.25, 0.3) is 0 Å². The molecule has 6 spiro atoms. The molecule has 61 heavy (non-hydrogen) atoms. The predicted molar refractivity (Wildman–Crippen MR) is 247 cm³/mol. The molecule has 0 saturated heterocycles. The Morgan fingerprint density at radius 1 is 0.508 bits per heavy atom. The minimum Gasteiger partial charge on any atom is -0.309 e. The zero-order chi connectivity index (χ0) is 40.1. The molecule has 0 unspecified atom stereocenters. The molecule has 8 aliphatic carbocycles. The van der Waals surface area contributed by atoms with Crippen molar-refractivity contribution in [3.8, 4) is 28.3 Å². The molecule has 0 atom stereocenters. The summed E-state index contributed by atoms with van der Waals surface area (Å²) in [5.41, 5.74) is 17.3. The molecule has 6 fully saturated rings. The lowest BCUT2D eigenvalue weighted by Crippen LogP contribution is -2.49. The molecule has 0 amide bonds. The van der Waals surface area contributed by atoms with Gasteiger partial charge >= 0.3 is 0 Å². The lowest BCUT2D eigenvalue weighted by atomic mass is 9.50. The van der Waals surface area contributed by atoms with Crippen LogP contribution in [0, 0.1) is 39.6 Å². The van der Waals surface area contributed by atoms with Gasteiger partial charge in [0.1, 0.15) is 0 Å². The Morgan fingerprint density at radius 2 is 0.934 bits per heavy atom. The van der Waals surface area contributed by atoms with Gasteiger partial charge in [-0.15, -0.1) is 0 Å². The summed E-state index contributed by atoms with van der Waals surface area (Å²) in [6.45, 7) is 9.15. The van der Waals surface area contributed by atoms with Gasteiger partial charge in [-0.25, -0.2) is 4.85 Å². The number of para-hydroxylation sites is 1. The van der Waals surface area contributed by atoms with Gasteiger partial charge < -0.3 is 4.40 Å². The normalized spacial score (nSPS) is 24.5. The number of hydrogen-bond acceptors (Lipinski definition) is 1. The van der Waals surface area contributed by atoms with Crippen molar-refractivity contribution >= 4 is 43.8 Å². The fourth-order valence-corrected chi connectivity index (χ4v) is 19.3. The maximum atomic E-state index is 11.6. The van der Waals surface area contributed by atoms with E-state index in [9.17, 15) is 5.26 Å². The van der Waals surface area contributed by atoms with Crippen LogP contribution in [-0.2, 0) is 10.8 Å². The summed E-state index contributed by atoms with van der Waals surface area (Å²) < 4.78 is 2.54. The first-order valence-corrected chi connectivity index (χ1v) is 24.4. The molecule has 15 rings (SSSR count). The molecule has 0 N–H and O–H groups in total. The Bertz CT molecular complexity index is 2950. The number of rotatable bonds is 0. The van der Waals surface area contributed by atoms with E-state index < -0.39 is 0 Å². The van der Waals surface area contributed by atoms with Crippen molar-refractivity contribution in [1.29, 1.82) is 5.26 Å². The van der Waals surface area contributed by atoms with Crippen LogP contribution in [0.25, 0.3) is 65.2 Å². The van der Waals surface area contributed by atoms with Crippen LogP contribution in [0.5, 0.6) is 0 Å². The molecular formula is C58H53N3. The van der Waals surface area contributed by atoms with E-state index in [-0.39, 0.29) is 32.5 Å². The summed E-state index contributed by atoms with van der Waals surface area (Å²) in [6, 6.07) is 33.9. The fraction of sp³-hybridized carbons (Fsp3) is 0.448. The number of fused-ring (bicyclic) bond motifs is 22. The molecule has 0 aliphatic heterocycles. The molecule has 3 heteroatoms. The third-order valence-corrected chi connectivity index (χ3v) is 20.7. The lowest BCUT2D eigenvalue weighted by Gasteiger charge is -2.52. The Labute approximate surface area is 359 Å². The molecule has 8 aliphatic rings. The minimum atomic E-state index is -0.129. The van der Waals surface area contributed by atoms with Crippen LogP contribution in [0.2, 0.25) is 0 Å². The highest BCUT2D eigenvalue weighted by Gasteiger charge is 2.73. The highest BCUT2D eigenvalue weighted by molar-refractivity contribution is 6.30. The Hall–Kier alpha value is -5.12. The van der Waals surface area contributed by atoms with Crippen molar-refractivity contribution in [1.82, 2.24) is 4.40 Å². The summed E-state index contributed by atoms with van der Waals surface area (Å²) in [4.78, 5) is 4.66. The summed E-state index contributed by atoms with van der Waals surface area (Å²) in [5, 5.41) is 16.9. The molecule has 3 nitrogen and oxygen atoms in total. The van der Waals surface area contributed by atoms with Crippen LogP contribution in [0.1, 0.15) is 156 Å². The van der Waals surface area contributed by atoms with Crippen LogP contribution < -0.4 is 0 Å². The summed E-state index contributed by atoms with van der Waals surface area (Å²) in [5.74, 6) is 0. The van der Waals surface area contributed by atoms with Gasteiger partial charge in [0, 0.05) is 37.9 Å². The van der Waals surface area contributed by atoms with Gasteiger partial charge in [-0.05, 0) is 155 Å². The van der Waals surface area contributed by atoms with Crippen molar-refractivity contribution in [2.75, 3.05) is 0 Å². The molecule has 2 aromatic heterocycles. The van der Waals surface area contributed by atoms with E-state index in [4.69, 9.17) is 6.57 Å². The monoisotopic (exact) mass is 791 g/mol. The largest absolute Gasteiger partial charge is 0.309 e. The van der Waals surface area contributed by atoms with Gasteiger partial charge in [-0.1, -0.05) is 118 Å². The van der Waals surface area contributed by atoms with E-state index in [0.29, 0.717) is 0 Å². The van der Waals surface area contributed by atoms with Crippen LogP contribution in [-0.4, -0.2) is 4.40 Å². The second-order valence-electron chi connectivity index (χ2n) is 21.9. The number of benzene rings is 5. The van der Waals surface area contributed by atoms with E-state index in [1.807, 2.05) is 0 Å². The smallest absolute Gasteiger partial charge is 0.194 e. The van der Waals surface area contributed by atoms with Crippen LogP contribution in [0.3, 0.4) is 0 Å². The minimum absolute atomic E-state index is 0.123. The van der Waals surface area contributed by atoms with Gasteiger partial charge in [0.2, 0.25) is 0 Å². The summed E-state index contributed by atoms with van der Waals surface area (Å²) >= 11 is 0. The first-order valence-electron chi connectivity index (χ1n) is 24.4. The highest BCUT2D eigenvalue weighted by Crippen LogP contribution is 2.82. The van der Waals surface area contributed by atoms with E-state index >= 15 is 0 Å². The molecule has 7 aromatic rings. The maximum Gasteiger partial charge on any atom is 0.194 e. The number of nitrogens with zero attached hydrogens (tertiary/aromatic N) is 3. The zero-order valence-corrected chi connectivity index (χ0v) is 35.5. The molecule has 0 radical (unpaired) electrons.